The summed E-state index contributed by atoms with van der Waals surface area (Å²) in [7, 11) is 0. The van der Waals surface area contributed by atoms with E-state index in [1.807, 2.05) is 30.3 Å². The van der Waals surface area contributed by atoms with E-state index in [-0.39, 0.29) is 0 Å². The van der Waals surface area contributed by atoms with Gasteiger partial charge in [-0.25, -0.2) is 4.79 Å². The van der Waals surface area contributed by atoms with Crippen LogP contribution in [0.4, 0.5) is 5.69 Å². The van der Waals surface area contributed by atoms with Crippen molar-refractivity contribution in [1.29, 1.82) is 0 Å². The Morgan fingerprint density at radius 3 is 2.76 bits per heavy atom. The van der Waals surface area contributed by atoms with Crippen LogP contribution in [0.3, 0.4) is 0 Å². The molecule has 0 aromatic heterocycles. The van der Waals surface area contributed by atoms with Crippen molar-refractivity contribution in [3.63, 3.8) is 0 Å². The lowest BCUT2D eigenvalue weighted by molar-refractivity contribution is -0.131. The fraction of sp³-hybridized carbons (Fsp3) is 0.522. The normalized spacial score (nSPS) is 26.0. The lowest BCUT2D eigenvalue weighted by atomic mass is 9.74. The Labute approximate surface area is 178 Å². The number of fused-ring (bicyclic) bond motifs is 2. The number of hydrogen-bond acceptors (Lipinski definition) is 3. The number of benzene rings is 1. The molecule has 156 valence electrons. The molecule has 0 amide bonds. The predicted molar refractivity (Wildman–Crippen MR) is 122 cm³/mol. The van der Waals surface area contributed by atoms with Crippen molar-refractivity contribution in [2.75, 3.05) is 5.32 Å². The van der Waals surface area contributed by atoms with Crippen LogP contribution < -0.4 is 10.7 Å². The molecular weight excluding hydrogens is 382 g/mol. The number of hydrazone groups is 1. The van der Waals surface area contributed by atoms with Crippen molar-refractivity contribution in [2.45, 2.75) is 51.9 Å². The highest BCUT2D eigenvalue weighted by atomic mass is 32.1. The van der Waals surface area contributed by atoms with Gasteiger partial charge in [0.05, 0.1) is 0 Å². The van der Waals surface area contributed by atoms with E-state index in [1.54, 1.807) is 6.08 Å². The molecular formula is C23H31N3O2S. The summed E-state index contributed by atoms with van der Waals surface area (Å²) in [6.45, 7) is 2.13. The second-order valence-corrected chi connectivity index (χ2v) is 8.64. The van der Waals surface area contributed by atoms with Crippen molar-refractivity contribution in [1.82, 2.24) is 5.43 Å². The predicted octanol–water partition coefficient (Wildman–Crippen LogP) is 5.21. The third-order valence-corrected chi connectivity index (χ3v) is 6.55. The summed E-state index contributed by atoms with van der Waals surface area (Å²) in [6, 6.07) is 9.86. The van der Waals surface area contributed by atoms with Crippen LogP contribution in [0.15, 0.2) is 47.6 Å². The van der Waals surface area contributed by atoms with Gasteiger partial charge in [-0.05, 0) is 87.6 Å². The van der Waals surface area contributed by atoms with Gasteiger partial charge in [0.2, 0.25) is 0 Å². The molecule has 2 saturated carbocycles. The quantitative estimate of drug-likeness (QED) is 0.170. The zero-order valence-electron chi connectivity index (χ0n) is 17.0. The summed E-state index contributed by atoms with van der Waals surface area (Å²) in [4.78, 5) is 10.5. The van der Waals surface area contributed by atoms with Gasteiger partial charge in [0, 0.05) is 23.4 Å². The molecule has 0 spiro atoms. The zero-order valence-corrected chi connectivity index (χ0v) is 17.8. The number of carbonyl (C=O) groups is 1. The van der Waals surface area contributed by atoms with Crippen molar-refractivity contribution < 1.29 is 9.90 Å². The number of allylic oxidation sites excluding steroid dienone is 1. The Morgan fingerprint density at radius 1 is 1.24 bits per heavy atom. The monoisotopic (exact) mass is 413 g/mol. The first-order valence-electron chi connectivity index (χ1n) is 10.6. The Hall–Kier alpha value is -2.21. The smallest absolute Gasteiger partial charge is 0.327 e. The minimum Gasteiger partial charge on any atom is -0.478 e. The highest BCUT2D eigenvalue weighted by molar-refractivity contribution is 7.80. The number of carboxylic acids is 1. The van der Waals surface area contributed by atoms with Gasteiger partial charge in [-0.3, -0.25) is 5.43 Å². The van der Waals surface area contributed by atoms with Gasteiger partial charge < -0.3 is 10.4 Å². The summed E-state index contributed by atoms with van der Waals surface area (Å²) in [5.41, 5.74) is 5.14. The van der Waals surface area contributed by atoms with Crippen LogP contribution in [0, 0.1) is 23.7 Å². The zero-order chi connectivity index (χ0) is 20.6. The van der Waals surface area contributed by atoms with Gasteiger partial charge >= 0.3 is 5.97 Å². The van der Waals surface area contributed by atoms with Gasteiger partial charge in [0.25, 0.3) is 0 Å². The molecule has 0 heterocycles. The average molecular weight is 414 g/mol. The summed E-state index contributed by atoms with van der Waals surface area (Å²) in [5, 5.41) is 17.0. The molecule has 3 rings (SSSR count). The number of para-hydroxylation sites is 1. The van der Waals surface area contributed by atoms with E-state index in [4.69, 9.17) is 17.3 Å². The van der Waals surface area contributed by atoms with Gasteiger partial charge in [0.1, 0.15) is 0 Å². The van der Waals surface area contributed by atoms with E-state index >= 15 is 0 Å². The topological polar surface area (TPSA) is 73.7 Å². The van der Waals surface area contributed by atoms with Gasteiger partial charge in [0.15, 0.2) is 5.11 Å². The van der Waals surface area contributed by atoms with E-state index in [1.165, 1.54) is 31.8 Å². The van der Waals surface area contributed by atoms with E-state index in [0.29, 0.717) is 16.9 Å². The van der Waals surface area contributed by atoms with Crippen LogP contribution in [0.5, 0.6) is 0 Å². The van der Waals surface area contributed by atoms with Gasteiger partial charge in [-0.1, -0.05) is 30.7 Å². The Kier molecular flexibility index (Phi) is 7.81. The highest BCUT2D eigenvalue weighted by Crippen LogP contribution is 2.54. The molecule has 0 saturated heterocycles. The number of anilines is 1. The van der Waals surface area contributed by atoms with Crippen molar-refractivity contribution in [3.8, 4) is 0 Å². The summed E-state index contributed by atoms with van der Waals surface area (Å²) < 4.78 is 0. The summed E-state index contributed by atoms with van der Waals surface area (Å²) in [5.74, 6) is 1.93. The van der Waals surface area contributed by atoms with Gasteiger partial charge in [-0.2, -0.15) is 5.10 Å². The summed E-state index contributed by atoms with van der Waals surface area (Å²) >= 11 is 5.38. The molecule has 2 fully saturated rings. The second-order valence-electron chi connectivity index (χ2n) is 8.23. The molecule has 0 radical (unpaired) electrons. The van der Waals surface area contributed by atoms with Crippen LogP contribution in [-0.4, -0.2) is 21.9 Å². The van der Waals surface area contributed by atoms with Crippen LogP contribution in [0.1, 0.15) is 51.9 Å². The summed E-state index contributed by atoms with van der Waals surface area (Å²) in [6.07, 6.45) is 11.2. The molecule has 1 aromatic rings. The fourth-order valence-corrected chi connectivity index (χ4v) is 5.36. The maximum atomic E-state index is 10.5. The Balaban J connectivity index is 1.50. The van der Waals surface area contributed by atoms with E-state index in [0.717, 1.165) is 42.5 Å². The number of carboxylic acid groups (broad SMARTS) is 1. The number of nitrogens with one attached hydrogen (secondary N) is 2. The third kappa shape index (κ3) is 6.13. The molecule has 3 N–H and O–H groups in total. The molecule has 5 nitrogen and oxygen atoms in total. The lowest BCUT2D eigenvalue weighted by Gasteiger charge is -2.31. The third-order valence-electron chi connectivity index (χ3n) is 6.35. The second kappa shape index (κ2) is 10.5. The minimum absolute atomic E-state index is 0.514. The molecule has 1 aromatic carbocycles. The van der Waals surface area contributed by atoms with E-state index < -0.39 is 5.97 Å². The van der Waals surface area contributed by atoms with Crippen molar-refractivity contribution >= 4 is 34.7 Å². The number of hydrogen-bond donors (Lipinski definition) is 3. The number of aliphatic carboxylic acids is 1. The molecule has 0 aliphatic heterocycles. The maximum Gasteiger partial charge on any atom is 0.327 e. The minimum atomic E-state index is -0.864. The molecule has 4 unspecified atom stereocenters. The number of thiocarbonyl (C=S) groups is 1. The van der Waals surface area contributed by atoms with Crippen LogP contribution >= 0.6 is 12.2 Å². The van der Waals surface area contributed by atoms with E-state index in [2.05, 4.69) is 22.8 Å². The van der Waals surface area contributed by atoms with Gasteiger partial charge in [-0.15, -0.1) is 0 Å². The maximum absolute atomic E-state index is 10.5. The highest BCUT2D eigenvalue weighted by Gasteiger charge is 2.48. The number of rotatable bonds is 9. The van der Waals surface area contributed by atoms with Crippen molar-refractivity contribution in [3.05, 3.63) is 42.5 Å². The Bertz CT molecular complexity index is 763. The Morgan fingerprint density at radius 2 is 2.00 bits per heavy atom. The van der Waals surface area contributed by atoms with Crippen LogP contribution in [-0.2, 0) is 4.79 Å². The fourth-order valence-electron chi connectivity index (χ4n) is 5.20. The molecule has 29 heavy (non-hydrogen) atoms. The number of unbranched alkanes of at least 4 members (excludes halogenated alkanes) is 2. The first kappa shape index (κ1) is 21.5. The SMILES string of the molecule is CC(=NNC(=S)Nc1ccccc1)C1C2CCC(C2)C1CCCCC=CC(=O)O. The van der Waals surface area contributed by atoms with E-state index in [9.17, 15) is 4.79 Å². The van der Waals surface area contributed by atoms with Crippen molar-refractivity contribution in [2.24, 2.45) is 28.8 Å². The molecule has 2 bridgehead atoms. The first-order valence-corrected chi connectivity index (χ1v) is 11.0. The molecule has 4 atom stereocenters. The van der Waals surface area contributed by atoms with Crippen LogP contribution in [0.2, 0.25) is 0 Å². The largest absolute Gasteiger partial charge is 0.478 e. The average Bonchev–Trinajstić information content (AvgIpc) is 3.31. The molecule has 2 aliphatic carbocycles. The standard InChI is InChI=1S/C23H31N3O2S/c1-16(25-26-23(29)24-19-9-5-4-6-10-19)22-18-14-13-17(15-18)20(22)11-7-2-3-8-12-21(27)28/h4-6,8-10,12,17-18,20,22H,2-3,7,11,13-15H2,1H3,(H,27,28)(H2,24,26,29). The lowest BCUT2D eigenvalue weighted by Crippen LogP contribution is -2.31. The first-order chi connectivity index (χ1) is 14.0. The molecule has 6 heteroatoms. The van der Waals surface area contributed by atoms with Crippen LogP contribution in [0.25, 0.3) is 0 Å². The molecule has 2 aliphatic rings. The number of nitrogens with zero attached hydrogens (tertiary/aromatic N) is 1.